The summed E-state index contributed by atoms with van der Waals surface area (Å²) in [5.74, 6) is -2.22. The number of benzene rings is 2. The van der Waals surface area contributed by atoms with E-state index in [1.165, 1.54) is 0 Å². The number of fused-ring (bicyclic) bond motifs is 5. The minimum atomic E-state index is -5.13. The average Bonchev–Trinajstić information content (AvgIpc) is 3.94. The predicted molar refractivity (Wildman–Crippen MR) is 196 cm³/mol. The first-order chi connectivity index (χ1) is 26.8. The van der Waals surface area contributed by atoms with Crippen molar-refractivity contribution in [3.05, 3.63) is 41.0 Å². The van der Waals surface area contributed by atoms with Gasteiger partial charge in [0, 0.05) is 55.0 Å². The molecule has 5 aliphatic heterocycles. The molecule has 7 heterocycles. The number of nitrogens with zero attached hydrogens (tertiary/aromatic N) is 7. The van der Waals surface area contributed by atoms with Gasteiger partial charge in [0.25, 0.3) is 0 Å². The van der Waals surface area contributed by atoms with Crippen molar-refractivity contribution in [2.45, 2.75) is 75.0 Å². The number of alkyl halides is 4. The molecule has 5 saturated heterocycles. The number of rotatable bonds is 7. The number of nitrogens with two attached hydrogens (primary N) is 1. The Morgan fingerprint density at radius 3 is 2.70 bits per heavy atom. The lowest BCUT2D eigenvalue weighted by atomic mass is 9.92. The molecule has 5 atom stereocenters. The highest BCUT2D eigenvalue weighted by Crippen LogP contribution is 2.49. The van der Waals surface area contributed by atoms with Crippen LogP contribution in [0.5, 0.6) is 6.01 Å². The van der Waals surface area contributed by atoms with Gasteiger partial charge in [0.2, 0.25) is 0 Å². The summed E-state index contributed by atoms with van der Waals surface area (Å²) in [7, 11) is 0. The lowest BCUT2D eigenvalue weighted by Gasteiger charge is -2.53. The maximum atomic E-state index is 17.3. The van der Waals surface area contributed by atoms with Crippen molar-refractivity contribution in [1.29, 1.82) is 5.26 Å². The van der Waals surface area contributed by atoms with Gasteiger partial charge in [-0.15, -0.1) is 11.3 Å². The largest absolute Gasteiger partial charge is 0.461 e. The molecule has 5 fully saturated rings. The molecule has 0 spiro atoms. The number of anilines is 2. The summed E-state index contributed by atoms with van der Waals surface area (Å²) in [5, 5.41) is 9.30. The van der Waals surface area contributed by atoms with Gasteiger partial charge in [-0.05, 0) is 56.8 Å². The number of halogens is 6. The number of carbonyl (C=O) groups excluding carboxylic acids is 1. The highest BCUT2D eigenvalue weighted by atomic mass is 32.1. The minimum Gasteiger partial charge on any atom is -0.461 e. The smallest absolute Gasteiger partial charge is 0.417 e. The summed E-state index contributed by atoms with van der Waals surface area (Å²) in [5.41, 5.74) is 1.93. The summed E-state index contributed by atoms with van der Waals surface area (Å²) in [6, 6.07) is 3.72. The topological polar surface area (TPSA) is 124 Å². The highest BCUT2D eigenvalue weighted by Gasteiger charge is 2.50. The lowest BCUT2D eigenvalue weighted by Crippen LogP contribution is -2.67. The number of hydrogen-bond donors (Lipinski definition) is 1. The van der Waals surface area contributed by atoms with E-state index in [9.17, 15) is 14.4 Å². The van der Waals surface area contributed by atoms with Crippen molar-refractivity contribution >= 4 is 49.2 Å². The maximum Gasteiger partial charge on any atom is 0.417 e. The van der Waals surface area contributed by atoms with E-state index in [1.807, 2.05) is 15.9 Å². The van der Waals surface area contributed by atoms with Crippen LogP contribution in [0, 0.1) is 23.0 Å². The van der Waals surface area contributed by atoms with E-state index in [0.717, 1.165) is 31.0 Å². The molecule has 2 aromatic heterocycles. The average molecular weight is 801 g/mol. The molecule has 11 nitrogen and oxygen atoms in total. The predicted octanol–water partition coefficient (Wildman–Crippen LogP) is 6.71. The van der Waals surface area contributed by atoms with Crippen molar-refractivity contribution in [2.24, 2.45) is 0 Å². The number of ether oxygens (including phenoxy) is 2. The molecule has 2 aromatic carbocycles. The molecule has 2 N–H and O–H groups in total. The van der Waals surface area contributed by atoms with Gasteiger partial charge >= 0.3 is 18.2 Å². The van der Waals surface area contributed by atoms with Crippen LogP contribution in [0.4, 0.5) is 42.0 Å². The second-order valence-corrected chi connectivity index (χ2v) is 16.5. The van der Waals surface area contributed by atoms with Gasteiger partial charge in [-0.25, -0.2) is 18.0 Å². The first-order valence-corrected chi connectivity index (χ1v) is 19.6. The number of morpholine rings is 1. The molecule has 18 heteroatoms. The summed E-state index contributed by atoms with van der Waals surface area (Å²) in [6.07, 6.45) is -3.13. The van der Waals surface area contributed by atoms with E-state index in [4.69, 9.17) is 15.2 Å². The fraction of sp³-hybridized carbons (Fsp3) is 0.526. The van der Waals surface area contributed by atoms with Gasteiger partial charge in [0.15, 0.2) is 5.82 Å². The van der Waals surface area contributed by atoms with Gasteiger partial charge in [0.1, 0.15) is 41.0 Å². The second kappa shape index (κ2) is 13.5. The highest BCUT2D eigenvalue weighted by molar-refractivity contribution is 7.23. The number of aromatic nitrogens is 2. The van der Waals surface area contributed by atoms with Gasteiger partial charge in [-0.2, -0.15) is 28.4 Å². The van der Waals surface area contributed by atoms with E-state index in [0.29, 0.717) is 50.5 Å². The quantitative estimate of drug-likeness (QED) is 0.203. The third-order valence-corrected chi connectivity index (χ3v) is 13.3. The van der Waals surface area contributed by atoms with E-state index in [1.54, 1.807) is 16.7 Å². The zero-order valence-electron chi connectivity index (χ0n) is 30.3. The Kier molecular flexibility index (Phi) is 8.93. The number of likely N-dealkylation sites (N-methyl/N-ethyl adjacent to an activating group) is 1. The number of hydrogen-bond acceptors (Lipinski definition) is 10. The molecule has 0 saturated carbocycles. The second-order valence-electron chi connectivity index (χ2n) is 15.4. The summed E-state index contributed by atoms with van der Waals surface area (Å²) >= 11 is 0.683. The van der Waals surface area contributed by atoms with Crippen molar-refractivity contribution < 1.29 is 40.6 Å². The summed E-state index contributed by atoms with van der Waals surface area (Å²) in [4.78, 5) is 30.0. The van der Waals surface area contributed by atoms with Crippen molar-refractivity contribution in [3.63, 3.8) is 0 Å². The molecule has 2 amide bonds. The number of urea groups is 1. The Hall–Kier alpha value is -4.60. The number of nitriles is 1. The number of amides is 2. The van der Waals surface area contributed by atoms with Crippen molar-refractivity contribution in [1.82, 2.24) is 24.7 Å². The molecule has 2 bridgehead atoms. The van der Waals surface area contributed by atoms with Crippen LogP contribution in [0.1, 0.15) is 50.2 Å². The molecule has 56 heavy (non-hydrogen) atoms. The van der Waals surface area contributed by atoms with Crippen molar-refractivity contribution in [3.8, 4) is 23.2 Å². The zero-order valence-corrected chi connectivity index (χ0v) is 31.2. The van der Waals surface area contributed by atoms with Gasteiger partial charge < -0.3 is 29.9 Å². The number of thiophene rings is 1. The van der Waals surface area contributed by atoms with Crippen LogP contribution in [-0.4, -0.2) is 113 Å². The standard InChI is InChI=1S/C38H38F6N8O3S/c1-2-51(20-6-9-49(15-20)36(53)52-21-10-22(52)17-54-16-21)34-24-11-26(38(42,43)44)29(23-4-5-27(40)32-28(23)25(13-45)33(46)56-32)30(41)31(24)47-35(48-34)55-18-37-7-3-8-50(37)14-19(39)12-37/h4-5,11,19-22H,2-3,6-10,12,14-18,46H2,1H3. The molecular weight excluding hydrogens is 763 g/mol. The molecule has 9 rings (SSSR count). The fourth-order valence-corrected chi connectivity index (χ4v) is 10.6. The van der Waals surface area contributed by atoms with Crippen LogP contribution in [0.2, 0.25) is 0 Å². The summed E-state index contributed by atoms with van der Waals surface area (Å²) in [6.45, 7) is 4.51. The molecule has 296 valence electrons. The van der Waals surface area contributed by atoms with Crippen LogP contribution >= 0.6 is 11.3 Å². The molecule has 4 aromatic rings. The van der Waals surface area contributed by atoms with E-state index in [2.05, 4.69) is 9.97 Å². The number of likely N-dealkylation sites (tertiary alicyclic amines) is 1. The fourth-order valence-electron chi connectivity index (χ4n) is 9.68. The molecule has 5 unspecified atom stereocenters. The first kappa shape index (κ1) is 37.0. The van der Waals surface area contributed by atoms with E-state index >= 15 is 22.0 Å². The molecular formula is C38H38F6N8O3S. The van der Waals surface area contributed by atoms with Gasteiger partial charge in [0.05, 0.1) is 46.7 Å². The van der Waals surface area contributed by atoms with Gasteiger partial charge in [-0.3, -0.25) is 4.90 Å². The van der Waals surface area contributed by atoms with Crippen LogP contribution < -0.4 is 15.4 Å². The Labute approximate surface area is 321 Å². The molecule has 0 aliphatic carbocycles. The third kappa shape index (κ3) is 5.79. The van der Waals surface area contributed by atoms with Crippen LogP contribution in [0.25, 0.3) is 32.1 Å². The Balaban J connectivity index is 1.18. The third-order valence-electron chi connectivity index (χ3n) is 12.3. The zero-order chi connectivity index (χ0) is 39.3. The Bertz CT molecular complexity index is 2290. The first-order valence-electron chi connectivity index (χ1n) is 18.8. The SMILES string of the molecule is CCN(c1nc(OCC23CCCN2CC(F)C3)nc2c(F)c(-c3ccc(F)c4sc(N)c(C#N)c34)c(C(F)(F)F)cc12)C1CCN(C(=O)N2C3COCC2C3)C1. The van der Waals surface area contributed by atoms with E-state index in [-0.39, 0.29) is 94.2 Å². The summed E-state index contributed by atoms with van der Waals surface area (Å²) < 4.78 is 104. The minimum absolute atomic E-state index is 0.00552. The maximum absolute atomic E-state index is 17.3. The molecule has 5 aliphatic rings. The Morgan fingerprint density at radius 2 is 1.98 bits per heavy atom. The Morgan fingerprint density at radius 1 is 1.20 bits per heavy atom. The van der Waals surface area contributed by atoms with Gasteiger partial charge in [-0.1, -0.05) is 6.07 Å². The molecule has 0 radical (unpaired) electrons. The van der Waals surface area contributed by atoms with Crippen molar-refractivity contribution in [2.75, 3.05) is 63.2 Å². The number of carbonyl (C=O) groups is 1. The van der Waals surface area contributed by atoms with E-state index < -0.39 is 52.2 Å². The lowest BCUT2D eigenvalue weighted by molar-refractivity contribution is -0.137. The van der Waals surface area contributed by atoms with Crippen LogP contribution in [0.3, 0.4) is 0 Å². The normalized spacial score (nSPS) is 26.2. The van der Waals surface area contributed by atoms with Crippen LogP contribution in [0.15, 0.2) is 18.2 Å². The monoisotopic (exact) mass is 800 g/mol. The number of nitrogen functional groups attached to an aromatic ring is 1. The van der Waals surface area contributed by atoms with Crippen LogP contribution in [-0.2, 0) is 10.9 Å².